The number of nitrogens with one attached hydrogen (secondary N) is 1. The van der Waals surface area contributed by atoms with Crippen molar-refractivity contribution in [3.63, 3.8) is 0 Å². The molecule has 1 aromatic carbocycles. The van der Waals surface area contributed by atoms with E-state index in [0.29, 0.717) is 6.61 Å². The lowest BCUT2D eigenvalue weighted by Crippen LogP contribution is -3.15. The summed E-state index contributed by atoms with van der Waals surface area (Å²) in [6.45, 7) is 10.8. The van der Waals surface area contributed by atoms with Gasteiger partial charge in [0.05, 0.1) is 13.2 Å². The van der Waals surface area contributed by atoms with Crippen LogP contribution in [-0.4, -0.2) is 50.7 Å². The van der Waals surface area contributed by atoms with Gasteiger partial charge in [-0.15, -0.1) is 0 Å². The molecule has 0 spiro atoms. The first-order chi connectivity index (χ1) is 9.56. The van der Waals surface area contributed by atoms with Crippen molar-refractivity contribution in [3.8, 4) is 5.75 Å². The molecule has 0 saturated carbocycles. The Morgan fingerprint density at radius 2 is 1.80 bits per heavy atom. The number of rotatable bonds is 5. The first-order valence-corrected chi connectivity index (χ1v) is 7.36. The fourth-order valence-corrected chi connectivity index (χ4v) is 2.83. The van der Waals surface area contributed by atoms with Gasteiger partial charge < -0.3 is 19.5 Å². The van der Waals surface area contributed by atoms with E-state index in [1.807, 2.05) is 0 Å². The molecule has 20 heavy (non-hydrogen) atoms. The van der Waals surface area contributed by atoms with Crippen molar-refractivity contribution in [2.45, 2.75) is 26.9 Å². The molecule has 1 aromatic rings. The highest BCUT2D eigenvalue weighted by atomic mass is 16.5. The molecule has 0 bridgehead atoms. The van der Waals surface area contributed by atoms with E-state index < -0.39 is 6.10 Å². The lowest BCUT2D eigenvalue weighted by molar-refractivity contribution is -0.911. The van der Waals surface area contributed by atoms with Gasteiger partial charge in [-0.05, 0) is 31.9 Å². The van der Waals surface area contributed by atoms with Crippen LogP contribution < -0.4 is 9.64 Å². The molecule has 4 heteroatoms. The highest BCUT2D eigenvalue weighted by molar-refractivity contribution is 5.42. The highest BCUT2D eigenvalue weighted by Gasteiger charge is 2.19. The molecule has 0 amide bonds. The van der Waals surface area contributed by atoms with Gasteiger partial charge in [-0.1, -0.05) is 17.7 Å². The van der Waals surface area contributed by atoms with Crippen LogP contribution in [0.4, 0.5) is 0 Å². The third-order valence-corrected chi connectivity index (χ3v) is 3.75. The minimum atomic E-state index is -0.428. The molecule has 1 aliphatic heterocycles. The zero-order valence-electron chi connectivity index (χ0n) is 12.7. The number of aryl methyl sites for hydroxylation is 3. The summed E-state index contributed by atoms with van der Waals surface area (Å²) in [6.07, 6.45) is -0.428. The minimum Gasteiger partial charge on any atom is -0.490 e. The lowest BCUT2D eigenvalue weighted by atomic mass is 10.1. The Balaban J connectivity index is 1.85. The zero-order valence-corrected chi connectivity index (χ0v) is 12.7. The molecule has 0 aromatic heterocycles. The Labute approximate surface area is 121 Å². The highest BCUT2D eigenvalue weighted by Crippen LogP contribution is 2.24. The monoisotopic (exact) mass is 280 g/mol. The van der Waals surface area contributed by atoms with Crippen LogP contribution in [0.3, 0.4) is 0 Å². The smallest absolute Gasteiger partial charge is 0.137 e. The third kappa shape index (κ3) is 4.20. The summed E-state index contributed by atoms with van der Waals surface area (Å²) in [7, 11) is 0. The Kier molecular flexibility index (Phi) is 5.40. The molecule has 0 radical (unpaired) electrons. The van der Waals surface area contributed by atoms with Gasteiger partial charge in [-0.3, -0.25) is 0 Å². The van der Waals surface area contributed by atoms with Gasteiger partial charge in [0.1, 0.15) is 38.1 Å². The minimum absolute atomic E-state index is 0.356. The first-order valence-electron chi connectivity index (χ1n) is 7.36. The maximum atomic E-state index is 10.1. The van der Waals surface area contributed by atoms with Crippen molar-refractivity contribution in [3.05, 3.63) is 28.8 Å². The number of hydrogen-bond acceptors (Lipinski definition) is 3. The van der Waals surface area contributed by atoms with Crippen LogP contribution in [0.1, 0.15) is 16.7 Å². The van der Waals surface area contributed by atoms with Crippen LogP contribution in [0.15, 0.2) is 12.1 Å². The van der Waals surface area contributed by atoms with Crippen molar-refractivity contribution in [2.24, 2.45) is 0 Å². The zero-order chi connectivity index (χ0) is 14.5. The molecule has 2 N–H and O–H groups in total. The van der Waals surface area contributed by atoms with E-state index in [4.69, 9.17) is 9.47 Å². The topological polar surface area (TPSA) is 43.1 Å². The largest absolute Gasteiger partial charge is 0.490 e. The van der Waals surface area contributed by atoms with Gasteiger partial charge in [0, 0.05) is 0 Å². The van der Waals surface area contributed by atoms with Crippen LogP contribution >= 0.6 is 0 Å². The van der Waals surface area contributed by atoms with Crippen LogP contribution in [0.2, 0.25) is 0 Å². The molecule has 2 rings (SSSR count). The molecule has 1 atom stereocenters. The maximum Gasteiger partial charge on any atom is 0.137 e. The van der Waals surface area contributed by atoms with Gasteiger partial charge in [-0.2, -0.15) is 0 Å². The second-order valence-corrected chi connectivity index (χ2v) is 5.76. The number of aliphatic hydroxyl groups is 1. The average Bonchev–Trinajstić information content (AvgIpc) is 2.38. The fraction of sp³-hybridized carbons (Fsp3) is 0.625. The Hall–Kier alpha value is -1.10. The van der Waals surface area contributed by atoms with E-state index in [1.54, 1.807) is 0 Å². The van der Waals surface area contributed by atoms with Crippen LogP contribution in [-0.2, 0) is 4.74 Å². The molecule has 1 aliphatic rings. The molecule has 1 saturated heterocycles. The molecular formula is C16H26NO3+. The molecule has 1 fully saturated rings. The predicted octanol–water partition coefficient (Wildman–Crippen LogP) is 0.267. The van der Waals surface area contributed by atoms with Crippen LogP contribution in [0.5, 0.6) is 5.75 Å². The number of aliphatic hydroxyl groups excluding tert-OH is 1. The number of quaternary nitrogens is 1. The van der Waals surface area contributed by atoms with Crippen molar-refractivity contribution in [2.75, 3.05) is 39.5 Å². The van der Waals surface area contributed by atoms with Gasteiger partial charge in [-0.25, -0.2) is 0 Å². The molecule has 1 heterocycles. The van der Waals surface area contributed by atoms with Gasteiger partial charge in [0.15, 0.2) is 0 Å². The SMILES string of the molecule is Cc1cc(C)c(OC[C@@H](O)C[NH+]2CCOCC2)c(C)c1. The van der Waals surface area contributed by atoms with Gasteiger partial charge >= 0.3 is 0 Å². The van der Waals surface area contributed by atoms with Crippen LogP contribution in [0, 0.1) is 20.8 Å². The summed E-state index contributed by atoms with van der Waals surface area (Å²) in [5, 5.41) is 10.1. The number of hydrogen-bond donors (Lipinski definition) is 2. The second kappa shape index (κ2) is 7.07. The summed E-state index contributed by atoms with van der Waals surface area (Å²) >= 11 is 0. The van der Waals surface area contributed by atoms with Crippen molar-refractivity contribution in [1.82, 2.24) is 0 Å². The molecule has 0 aliphatic carbocycles. The Morgan fingerprint density at radius 1 is 1.20 bits per heavy atom. The summed E-state index contributed by atoms with van der Waals surface area (Å²) in [5.74, 6) is 0.909. The Bertz CT molecular complexity index is 418. The van der Waals surface area contributed by atoms with Crippen molar-refractivity contribution < 1.29 is 19.5 Å². The van der Waals surface area contributed by atoms with E-state index in [2.05, 4.69) is 32.9 Å². The number of morpholine rings is 1. The maximum absolute atomic E-state index is 10.1. The number of ether oxygens (including phenoxy) is 2. The molecular weight excluding hydrogens is 254 g/mol. The summed E-state index contributed by atoms with van der Waals surface area (Å²) in [6, 6.07) is 4.23. The molecule has 112 valence electrons. The van der Waals surface area contributed by atoms with E-state index in [1.165, 1.54) is 10.5 Å². The van der Waals surface area contributed by atoms with Crippen molar-refractivity contribution >= 4 is 0 Å². The van der Waals surface area contributed by atoms with Gasteiger partial charge in [0.2, 0.25) is 0 Å². The second-order valence-electron chi connectivity index (χ2n) is 5.76. The Morgan fingerprint density at radius 3 is 2.40 bits per heavy atom. The lowest BCUT2D eigenvalue weighted by Gasteiger charge is -2.26. The quantitative estimate of drug-likeness (QED) is 0.813. The van der Waals surface area contributed by atoms with Gasteiger partial charge in [0.25, 0.3) is 0 Å². The summed E-state index contributed by atoms with van der Waals surface area (Å²) in [5.41, 5.74) is 3.51. The fourth-order valence-electron chi connectivity index (χ4n) is 2.83. The third-order valence-electron chi connectivity index (χ3n) is 3.75. The van der Waals surface area contributed by atoms with Crippen molar-refractivity contribution in [1.29, 1.82) is 0 Å². The summed E-state index contributed by atoms with van der Waals surface area (Å²) < 4.78 is 11.2. The first kappa shape index (κ1) is 15.3. The van der Waals surface area contributed by atoms with E-state index in [-0.39, 0.29) is 0 Å². The van der Waals surface area contributed by atoms with E-state index >= 15 is 0 Å². The van der Waals surface area contributed by atoms with E-state index in [0.717, 1.165) is 49.7 Å². The van der Waals surface area contributed by atoms with E-state index in [9.17, 15) is 5.11 Å². The van der Waals surface area contributed by atoms with Crippen LogP contribution in [0.25, 0.3) is 0 Å². The molecule has 0 unspecified atom stereocenters. The average molecular weight is 280 g/mol. The normalized spacial score (nSPS) is 18.0. The predicted molar refractivity (Wildman–Crippen MR) is 78.5 cm³/mol. The number of benzene rings is 1. The summed E-state index contributed by atoms with van der Waals surface area (Å²) in [4.78, 5) is 1.39. The molecule has 4 nitrogen and oxygen atoms in total. The standard InChI is InChI=1S/C16H25NO3/c1-12-8-13(2)16(14(3)9-12)20-11-15(18)10-17-4-6-19-7-5-17/h8-9,15,18H,4-7,10-11H2,1-3H3/p+1/t15-/m0/s1.